The maximum absolute atomic E-state index is 12.2. The summed E-state index contributed by atoms with van der Waals surface area (Å²) in [5, 5.41) is 10.2. The van der Waals surface area contributed by atoms with Crippen molar-refractivity contribution in [3.05, 3.63) is 35.1 Å². The molecule has 2 aliphatic rings. The van der Waals surface area contributed by atoms with Crippen LogP contribution in [-0.4, -0.2) is 40.2 Å². The number of carbonyl (C=O) groups is 1. The Kier molecular flexibility index (Phi) is 7.22. The monoisotopic (exact) mass is 415 g/mol. The van der Waals surface area contributed by atoms with Crippen LogP contribution in [0.3, 0.4) is 0 Å². The van der Waals surface area contributed by atoms with Gasteiger partial charge in [-0.3, -0.25) is 0 Å². The minimum atomic E-state index is -0.847. The van der Waals surface area contributed by atoms with E-state index in [1.165, 1.54) is 14.2 Å². The number of ether oxygens (including phenoxy) is 5. The second-order valence-corrected chi connectivity index (χ2v) is 7.70. The van der Waals surface area contributed by atoms with Gasteiger partial charge in [-0.2, -0.15) is 5.26 Å². The third-order valence-corrected chi connectivity index (χ3v) is 5.91. The number of allylic oxidation sites excluding steroid dienone is 1. The lowest BCUT2D eigenvalue weighted by Crippen LogP contribution is -2.31. The highest BCUT2D eigenvalue weighted by molar-refractivity contribution is 5.89. The Labute approximate surface area is 177 Å². The molecule has 0 N–H and O–H groups in total. The van der Waals surface area contributed by atoms with Gasteiger partial charge in [0.2, 0.25) is 0 Å². The van der Waals surface area contributed by atoms with Crippen LogP contribution >= 0.6 is 0 Å². The zero-order chi connectivity index (χ0) is 21.6. The van der Waals surface area contributed by atoms with Crippen LogP contribution in [0.2, 0.25) is 0 Å². The van der Waals surface area contributed by atoms with Crippen LogP contribution in [0.1, 0.15) is 50.5 Å². The fourth-order valence-corrected chi connectivity index (χ4v) is 4.21. The molecule has 0 aromatic heterocycles. The van der Waals surface area contributed by atoms with E-state index in [0.717, 1.165) is 31.2 Å². The van der Waals surface area contributed by atoms with Crippen molar-refractivity contribution in [1.82, 2.24) is 0 Å². The molecular weight excluding hydrogens is 386 g/mol. The second kappa shape index (κ2) is 9.86. The van der Waals surface area contributed by atoms with Gasteiger partial charge in [0.25, 0.3) is 0 Å². The second-order valence-electron chi connectivity index (χ2n) is 7.70. The molecule has 0 saturated heterocycles. The number of nitrogens with zero attached hydrogens (tertiary/aromatic N) is 1. The molecule has 0 spiro atoms. The van der Waals surface area contributed by atoms with Crippen molar-refractivity contribution in [2.75, 3.05) is 28.1 Å². The Morgan fingerprint density at radius 1 is 1.20 bits per heavy atom. The number of benzene rings is 1. The van der Waals surface area contributed by atoms with E-state index in [1.54, 1.807) is 7.11 Å². The van der Waals surface area contributed by atoms with Crippen molar-refractivity contribution in [3.8, 4) is 17.6 Å². The number of esters is 1. The Morgan fingerprint density at radius 3 is 2.60 bits per heavy atom. The van der Waals surface area contributed by atoms with E-state index in [2.05, 4.69) is 6.07 Å². The van der Waals surface area contributed by atoms with Gasteiger partial charge in [0.1, 0.15) is 5.76 Å². The summed E-state index contributed by atoms with van der Waals surface area (Å²) in [5.41, 5.74) is 0.429. The first-order chi connectivity index (χ1) is 14.6. The summed E-state index contributed by atoms with van der Waals surface area (Å²) in [6, 6.07) is 8.10. The fraction of sp³-hybridized carbons (Fsp3) is 0.565. The third-order valence-electron chi connectivity index (χ3n) is 5.91. The summed E-state index contributed by atoms with van der Waals surface area (Å²) < 4.78 is 27.3. The molecule has 0 heterocycles. The van der Waals surface area contributed by atoms with Gasteiger partial charge in [-0.15, -0.1) is 0 Å². The van der Waals surface area contributed by atoms with Crippen molar-refractivity contribution in [2.24, 2.45) is 0 Å². The molecule has 2 aliphatic carbocycles. The van der Waals surface area contributed by atoms with Gasteiger partial charge in [0.05, 0.1) is 37.4 Å². The largest absolute Gasteiger partial charge is 0.493 e. The SMILES string of the molecule is COCOC1=C(C(=O)OC)CCC(C#N)(c2ccc(OC)c(OC3CCCC3)c2)C1. The van der Waals surface area contributed by atoms with Gasteiger partial charge < -0.3 is 23.7 Å². The number of carbonyl (C=O) groups excluding carboxylic acids is 1. The molecule has 1 fully saturated rings. The van der Waals surface area contributed by atoms with Crippen LogP contribution in [0.15, 0.2) is 29.5 Å². The number of hydrogen-bond acceptors (Lipinski definition) is 7. The van der Waals surface area contributed by atoms with E-state index in [1.807, 2.05) is 18.2 Å². The van der Waals surface area contributed by atoms with Gasteiger partial charge in [0.15, 0.2) is 18.3 Å². The Morgan fingerprint density at radius 2 is 1.97 bits per heavy atom. The molecular formula is C23H29NO6. The first-order valence-corrected chi connectivity index (χ1v) is 10.3. The van der Waals surface area contributed by atoms with Crippen LogP contribution in [0.5, 0.6) is 11.5 Å². The van der Waals surface area contributed by atoms with E-state index in [4.69, 9.17) is 23.7 Å². The normalized spacial score (nSPS) is 21.8. The van der Waals surface area contributed by atoms with Crippen molar-refractivity contribution < 1.29 is 28.5 Å². The van der Waals surface area contributed by atoms with Gasteiger partial charge in [0, 0.05) is 13.5 Å². The molecule has 0 radical (unpaired) electrons. The van der Waals surface area contributed by atoms with E-state index in [-0.39, 0.29) is 19.3 Å². The summed E-state index contributed by atoms with van der Waals surface area (Å²) in [6.07, 6.45) is 5.66. The van der Waals surface area contributed by atoms with Crippen molar-refractivity contribution in [2.45, 2.75) is 56.5 Å². The summed E-state index contributed by atoms with van der Waals surface area (Å²) in [6.45, 7) is -0.00398. The topological polar surface area (TPSA) is 87.0 Å². The van der Waals surface area contributed by atoms with Crippen molar-refractivity contribution in [1.29, 1.82) is 5.26 Å². The summed E-state index contributed by atoms with van der Waals surface area (Å²) in [5.74, 6) is 1.30. The molecule has 1 saturated carbocycles. The molecule has 162 valence electrons. The van der Waals surface area contributed by atoms with E-state index in [9.17, 15) is 10.1 Å². The highest BCUT2D eigenvalue weighted by Crippen LogP contribution is 2.45. The summed E-state index contributed by atoms with van der Waals surface area (Å²) >= 11 is 0. The zero-order valence-corrected chi connectivity index (χ0v) is 17.9. The van der Waals surface area contributed by atoms with Gasteiger partial charge in [-0.05, 0) is 56.2 Å². The number of hydrogen-bond donors (Lipinski definition) is 0. The van der Waals surface area contributed by atoms with Crippen LogP contribution in [0.4, 0.5) is 0 Å². The molecule has 1 unspecified atom stereocenters. The maximum atomic E-state index is 12.2. The van der Waals surface area contributed by atoms with Crippen LogP contribution < -0.4 is 9.47 Å². The first-order valence-electron chi connectivity index (χ1n) is 10.3. The molecule has 30 heavy (non-hydrogen) atoms. The Balaban J connectivity index is 1.95. The maximum Gasteiger partial charge on any atom is 0.337 e. The van der Waals surface area contributed by atoms with Gasteiger partial charge in [-0.25, -0.2) is 4.79 Å². The van der Waals surface area contributed by atoms with Crippen molar-refractivity contribution in [3.63, 3.8) is 0 Å². The summed E-state index contributed by atoms with van der Waals surface area (Å²) in [4.78, 5) is 12.2. The predicted octanol–water partition coefficient (Wildman–Crippen LogP) is 4.01. The quantitative estimate of drug-likeness (QED) is 0.468. The predicted molar refractivity (Wildman–Crippen MR) is 109 cm³/mol. The molecule has 0 amide bonds. The fourth-order valence-electron chi connectivity index (χ4n) is 4.21. The molecule has 0 bridgehead atoms. The average molecular weight is 415 g/mol. The minimum absolute atomic E-state index is 0.00398. The molecule has 3 rings (SSSR count). The van der Waals surface area contributed by atoms with Gasteiger partial charge >= 0.3 is 5.97 Å². The smallest absolute Gasteiger partial charge is 0.337 e. The molecule has 1 aromatic carbocycles. The van der Waals surface area contributed by atoms with Crippen LogP contribution in [0.25, 0.3) is 0 Å². The highest BCUT2D eigenvalue weighted by Gasteiger charge is 2.41. The van der Waals surface area contributed by atoms with E-state index >= 15 is 0 Å². The Hall–Kier alpha value is -2.72. The summed E-state index contributed by atoms with van der Waals surface area (Å²) in [7, 11) is 4.46. The number of nitriles is 1. The van der Waals surface area contributed by atoms with Crippen LogP contribution in [-0.2, 0) is 24.4 Å². The van der Waals surface area contributed by atoms with Crippen molar-refractivity contribution >= 4 is 5.97 Å². The molecule has 7 nitrogen and oxygen atoms in total. The lowest BCUT2D eigenvalue weighted by atomic mass is 9.70. The standard InChI is InChI=1S/C23H29NO6/c1-26-15-29-21-13-23(14-24,11-10-18(21)22(25)28-3)16-8-9-19(27-2)20(12-16)30-17-6-4-5-7-17/h8-9,12,17H,4-7,10-11,13,15H2,1-3H3. The molecule has 1 atom stereocenters. The molecule has 1 aromatic rings. The van der Waals surface area contributed by atoms with E-state index < -0.39 is 11.4 Å². The lowest BCUT2D eigenvalue weighted by molar-refractivity contribution is -0.137. The van der Waals surface area contributed by atoms with Crippen LogP contribution in [0, 0.1) is 11.3 Å². The zero-order valence-electron chi connectivity index (χ0n) is 17.9. The Bertz CT molecular complexity index is 837. The lowest BCUT2D eigenvalue weighted by Gasteiger charge is -2.33. The molecule has 0 aliphatic heterocycles. The minimum Gasteiger partial charge on any atom is -0.493 e. The third kappa shape index (κ3) is 4.54. The van der Waals surface area contributed by atoms with E-state index in [0.29, 0.717) is 35.7 Å². The number of rotatable bonds is 8. The number of methoxy groups -OCH3 is 3. The highest BCUT2D eigenvalue weighted by atomic mass is 16.7. The molecule has 7 heteroatoms. The average Bonchev–Trinajstić information content (AvgIpc) is 3.30. The van der Waals surface area contributed by atoms with Gasteiger partial charge in [-0.1, -0.05) is 6.07 Å². The first kappa shape index (κ1) is 22.0.